The molecule has 2 atom stereocenters. The zero-order valence-corrected chi connectivity index (χ0v) is 13.7. The molecule has 2 heterocycles. The van der Waals surface area contributed by atoms with Gasteiger partial charge in [0.1, 0.15) is 12.2 Å². The Labute approximate surface area is 127 Å². The Morgan fingerprint density at radius 2 is 2.14 bits per heavy atom. The lowest BCUT2D eigenvalue weighted by atomic mass is 10.0. The highest BCUT2D eigenvalue weighted by Gasteiger charge is 2.29. The van der Waals surface area contributed by atoms with Crippen LogP contribution in [0.1, 0.15) is 32.1 Å². The monoisotopic (exact) mass is 295 g/mol. The number of aromatic nitrogens is 3. The Kier molecular flexibility index (Phi) is 5.69. The summed E-state index contributed by atoms with van der Waals surface area (Å²) in [7, 11) is 4.36. The predicted molar refractivity (Wildman–Crippen MR) is 83.8 cm³/mol. The number of hydrogen-bond donors (Lipinski definition) is 2. The summed E-state index contributed by atoms with van der Waals surface area (Å²) in [5.74, 6) is 6.85. The van der Waals surface area contributed by atoms with Crippen LogP contribution < -0.4 is 11.3 Å². The SMILES string of the molecule is CC(C)n1ncnc1CC(NN)C1CN(C)CCCN1C. The van der Waals surface area contributed by atoms with E-state index in [1.54, 1.807) is 6.33 Å². The van der Waals surface area contributed by atoms with Crippen molar-refractivity contribution in [1.29, 1.82) is 0 Å². The van der Waals surface area contributed by atoms with E-state index in [0.717, 1.165) is 31.9 Å². The summed E-state index contributed by atoms with van der Waals surface area (Å²) in [6, 6.07) is 0.854. The zero-order chi connectivity index (χ0) is 15.4. The van der Waals surface area contributed by atoms with Crippen LogP contribution in [0.15, 0.2) is 6.33 Å². The van der Waals surface area contributed by atoms with E-state index in [-0.39, 0.29) is 6.04 Å². The standard InChI is InChI=1S/C14H29N7/c1-11(2)21-14(16-10-17-21)8-12(18-15)13-9-19(3)6-5-7-20(13)4/h10-13,18H,5-9,15H2,1-4H3. The fourth-order valence-electron chi connectivity index (χ4n) is 3.09. The van der Waals surface area contributed by atoms with Gasteiger partial charge in [-0.3, -0.25) is 11.3 Å². The lowest BCUT2D eigenvalue weighted by Crippen LogP contribution is -2.55. The summed E-state index contributed by atoms with van der Waals surface area (Å²) in [5, 5.41) is 4.31. The molecule has 1 aromatic rings. The molecule has 7 heteroatoms. The van der Waals surface area contributed by atoms with E-state index in [9.17, 15) is 0 Å². The average Bonchev–Trinajstić information content (AvgIpc) is 2.84. The van der Waals surface area contributed by atoms with Crippen LogP contribution >= 0.6 is 0 Å². The van der Waals surface area contributed by atoms with E-state index in [0.29, 0.717) is 12.1 Å². The molecule has 0 aromatic carbocycles. The topological polar surface area (TPSA) is 75.2 Å². The van der Waals surface area contributed by atoms with Gasteiger partial charge in [0, 0.05) is 31.1 Å². The number of hydrazine groups is 1. The van der Waals surface area contributed by atoms with Crippen LogP contribution in [0.3, 0.4) is 0 Å². The van der Waals surface area contributed by atoms with Crippen LogP contribution in [-0.4, -0.2) is 70.4 Å². The first-order chi connectivity index (χ1) is 10.0. The molecule has 1 saturated heterocycles. The van der Waals surface area contributed by atoms with Crippen molar-refractivity contribution < 1.29 is 0 Å². The van der Waals surface area contributed by atoms with Crippen LogP contribution in [-0.2, 0) is 6.42 Å². The van der Waals surface area contributed by atoms with E-state index in [4.69, 9.17) is 5.84 Å². The second-order valence-corrected chi connectivity index (χ2v) is 6.36. The van der Waals surface area contributed by atoms with Crippen LogP contribution in [0, 0.1) is 0 Å². The third kappa shape index (κ3) is 4.00. The normalized spacial score (nSPS) is 23.4. The molecule has 1 aliphatic rings. The molecule has 2 rings (SSSR count). The summed E-state index contributed by atoms with van der Waals surface area (Å²) in [5.41, 5.74) is 3.01. The van der Waals surface area contributed by atoms with Gasteiger partial charge in [-0.25, -0.2) is 9.67 Å². The summed E-state index contributed by atoms with van der Waals surface area (Å²) in [4.78, 5) is 9.20. The number of likely N-dealkylation sites (N-methyl/N-ethyl adjacent to an activating group) is 2. The van der Waals surface area contributed by atoms with E-state index < -0.39 is 0 Å². The van der Waals surface area contributed by atoms with Crippen molar-refractivity contribution in [2.45, 2.75) is 44.8 Å². The highest BCUT2D eigenvalue weighted by atomic mass is 15.4. The Morgan fingerprint density at radius 3 is 2.81 bits per heavy atom. The van der Waals surface area contributed by atoms with Crippen LogP contribution in [0.4, 0.5) is 0 Å². The van der Waals surface area contributed by atoms with Crippen molar-refractivity contribution in [3.05, 3.63) is 12.2 Å². The molecule has 0 radical (unpaired) electrons. The largest absolute Gasteiger partial charge is 0.305 e. The van der Waals surface area contributed by atoms with Gasteiger partial charge in [-0.15, -0.1) is 0 Å². The Hall–Kier alpha value is -1.02. The summed E-state index contributed by atoms with van der Waals surface area (Å²) < 4.78 is 1.98. The number of hydrogen-bond acceptors (Lipinski definition) is 6. The highest BCUT2D eigenvalue weighted by molar-refractivity contribution is 4.96. The third-order valence-electron chi connectivity index (χ3n) is 4.33. The van der Waals surface area contributed by atoms with E-state index in [2.05, 4.69) is 53.3 Å². The first-order valence-electron chi connectivity index (χ1n) is 7.76. The molecule has 3 N–H and O–H groups in total. The van der Waals surface area contributed by atoms with Crippen molar-refractivity contribution in [2.24, 2.45) is 5.84 Å². The highest BCUT2D eigenvalue weighted by Crippen LogP contribution is 2.14. The van der Waals surface area contributed by atoms with Gasteiger partial charge in [0.25, 0.3) is 0 Å². The lowest BCUT2D eigenvalue weighted by molar-refractivity contribution is 0.175. The second kappa shape index (κ2) is 7.31. The molecule has 0 saturated carbocycles. The fraction of sp³-hybridized carbons (Fsp3) is 0.857. The predicted octanol–water partition coefficient (Wildman–Crippen LogP) is -0.131. The van der Waals surface area contributed by atoms with Gasteiger partial charge in [0.15, 0.2) is 0 Å². The second-order valence-electron chi connectivity index (χ2n) is 6.36. The zero-order valence-electron chi connectivity index (χ0n) is 13.7. The first kappa shape index (κ1) is 16.4. The molecule has 0 spiro atoms. The molecule has 1 aliphatic heterocycles. The van der Waals surface area contributed by atoms with Gasteiger partial charge >= 0.3 is 0 Å². The minimum atomic E-state index is 0.164. The quantitative estimate of drug-likeness (QED) is 0.582. The molecule has 2 unspecified atom stereocenters. The molecule has 7 nitrogen and oxygen atoms in total. The van der Waals surface area contributed by atoms with E-state index >= 15 is 0 Å². The minimum absolute atomic E-state index is 0.164. The summed E-state index contributed by atoms with van der Waals surface area (Å²) >= 11 is 0. The summed E-state index contributed by atoms with van der Waals surface area (Å²) in [6.07, 6.45) is 3.62. The van der Waals surface area contributed by atoms with Gasteiger partial charge in [-0.2, -0.15) is 5.10 Å². The molecular formula is C14H29N7. The van der Waals surface area contributed by atoms with Crippen LogP contribution in [0.2, 0.25) is 0 Å². The van der Waals surface area contributed by atoms with Crippen molar-refractivity contribution in [3.63, 3.8) is 0 Å². The molecular weight excluding hydrogens is 266 g/mol. The number of nitrogens with two attached hydrogens (primary N) is 1. The Morgan fingerprint density at radius 1 is 1.38 bits per heavy atom. The lowest BCUT2D eigenvalue weighted by Gasteiger charge is -2.34. The minimum Gasteiger partial charge on any atom is -0.305 e. The molecule has 1 aromatic heterocycles. The number of nitrogens with one attached hydrogen (secondary N) is 1. The van der Waals surface area contributed by atoms with Gasteiger partial charge in [0.2, 0.25) is 0 Å². The van der Waals surface area contributed by atoms with Gasteiger partial charge in [0.05, 0.1) is 0 Å². The van der Waals surface area contributed by atoms with Crippen LogP contribution in [0.5, 0.6) is 0 Å². The molecule has 1 fully saturated rings. The van der Waals surface area contributed by atoms with E-state index in [1.807, 2.05) is 4.68 Å². The number of rotatable bonds is 5. The van der Waals surface area contributed by atoms with Gasteiger partial charge in [-0.1, -0.05) is 0 Å². The molecule has 0 aliphatic carbocycles. The van der Waals surface area contributed by atoms with Crippen LogP contribution in [0.25, 0.3) is 0 Å². The maximum absolute atomic E-state index is 5.85. The molecule has 120 valence electrons. The van der Waals surface area contributed by atoms with Gasteiger partial charge < -0.3 is 9.80 Å². The Bertz CT molecular complexity index is 431. The maximum atomic E-state index is 5.85. The number of nitrogens with zero attached hydrogens (tertiary/aromatic N) is 5. The third-order valence-corrected chi connectivity index (χ3v) is 4.33. The maximum Gasteiger partial charge on any atom is 0.138 e. The molecule has 0 bridgehead atoms. The average molecular weight is 295 g/mol. The smallest absolute Gasteiger partial charge is 0.138 e. The van der Waals surface area contributed by atoms with Crippen molar-refractivity contribution in [3.8, 4) is 0 Å². The van der Waals surface area contributed by atoms with Gasteiger partial charge in [-0.05, 0) is 47.5 Å². The summed E-state index contributed by atoms with van der Waals surface area (Å²) in [6.45, 7) is 7.49. The van der Waals surface area contributed by atoms with Crippen molar-refractivity contribution in [2.75, 3.05) is 33.7 Å². The van der Waals surface area contributed by atoms with E-state index in [1.165, 1.54) is 6.42 Å². The molecule has 21 heavy (non-hydrogen) atoms. The first-order valence-corrected chi connectivity index (χ1v) is 7.76. The fourth-order valence-corrected chi connectivity index (χ4v) is 3.09. The molecule has 0 amide bonds. The van der Waals surface area contributed by atoms with Crippen molar-refractivity contribution >= 4 is 0 Å². The van der Waals surface area contributed by atoms with Crippen molar-refractivity contribution in [1.82, 2.24) is 30.0 Å². The Balaban J connectivity index is 2.12.